The van der Waals surface area contributed by atoms with Crippen LogP contribution in [0.2, 0.25) is 5.02 Å². The lowest BCUT2D eigenvalue weighted by Gasteiger charge is -2.16. The van der Waals surface area contributed by atoms with Crippen LogP contribution in [0.15, 0.2) is 42.5 Å². The van der Waals surface area contributed by atoms with Crippen molar-refractivity contribution >= 4 is 17.3 Å². The molecule has 0 spiro atoms. The average Bonchev–Trinajstić information content (AvgIpc) is 2.39. The number of nitrogens with two attached hydrogens (primary N) is 1. The Bertz CT molecular complexity index is 561. The molecule has 0 aliphatic rings. The fourth-order valence-electron chi connectivity index (χ4n) is 2.15. The molecule has 2 aromatic rings. The third-order valence-corrected chi connectivity index (χ3v) is 3.61. The van der Waals surface area contributed by atoms with Crippen molar-refractivity contribution in [3.05, 3.63) is 64.4 Å². The van der Waals surface area contributed by atoms with E-state index in [0.717, 1.165) is 11.3 Å². The number of rotatable bonds is 4. The number of halogens is 2. The van der Waals surface area contributed by atoms with Gasteiger partial charge in [0.15, 0.2) is 0 Å². The van der Waals surface area contributed by atoms with Crippen LogP contribution in [0.1, 0.15) is 17.2 Å². The van der Waals surface area contributed by atoms with Gasteiger partial charge < -0.3 is 10.6 Å². The third-order valence-electron chi connectivity index (χ3n) is 3.28. The van der Waals surface area contributed by atoms with E-state index in [4.69, 9.17) is 17.3 Å². The first kappa shape index (κ1) is 14.8. The molecular formula is C16H18ClFN2. The van der Waals surface area contributed by atoms with Gasteiger partial charge >= 0.3 is 0 Å². The average molecular weight is 293 g/mol. The maximum Gasteiger partial charge on any atom is 0.129 e. The Balaban J connectivity index is 2.17. The summed E-state index contributed by atoms with van der Waals surface area (Å²) in [4.78, 5) is 2.03. The molecular weight excluding hydrogens is 275 g/mol. The molecule has 0 heterocycles. The second-order valence-electron chi connectivity index (χ2n) is 5.01. The van der Waals surface area contributed by atoms with E-state index < -0.39 is 6.04 Å². The molecule has 0 aromatic heterocycles. The van der Waals surface area contributed by atoms with Crippen LogP contribution in [-0.2, 0) is 6.42 Å². The zero-order valence-electron chi connectivity index (χ0n) is 11.6. The molecule has 4 heteroatoms. The van der Waals surface area contributed by atoms with Crippen molar-refractivity contribution in [2.45, 2.75) is 12.5 Å². The molecule has 1 unspecified atom stereocenters. The molecule has 0 saturated carbocycles. The van der Waals surface area contributed by atoms with Crippen LogP contribution in [0, 0.1) is 5.82 Å². The molecule has 1 atom stereocenters. The normalized spacial score (nSPS) is 12.2. The molecule has 0 aliphatic heterocycles. The predicted octanol–water partition coefficient (Wildman–Crippen LogP) is 3.79. The number of hydrogen-bond acceptors (Lipinski definition) is 2. The van der Waals surface area contributed by atoms with Gasteiger partial charge in [-0.05, 0) is 36.2 Å². The minimum absolute atomic E-state index is 0.352. The zero-order chi connectivity index (χ0) is 14.7. The predicted molar refractivity (Wildman–Crippen MR) is 82.8 cm³/mol. The van der Waals surface area contributed by atoms with Gasteiger partial charge in [-0.1, -0.05) is 29.8 Å². The van der Waals surface area contributed by atoms with Crippen LogP contribution in [0.25, 0.3) is 0 Å². The van der Waals surface area contributed by atoms with E-state index in [1.165, 1.54) is 6.07 Å². The van der Waals surface area contributed by atoms with Crippen molar-refractivity contribution in [3.8, 4) is 0 Å². The molecule has 0 bridgehead atoms. The van der Waals surface area contributed by atoms with Gasteiger partial charge in [-0.3, -0.25) is 0 Å². The lowest BCUT2D eigenvalue weighted by molar-refractivity contribution is 0.580. The smallest absolute Gasteiger partial charge is 0.129 e. The van der Waals surface area contributed by atoms with E-state index in [9.17, 15) is 4.39 Å². The minimum Gasteiger partial charge on any atom is -0.378 e. The number of hydrogen-bond donors (Lipinski definition) is 1. The monoisotopic (exact) mass is 292 g/mol. The van der Waals surface area contributed by atoms with Crippen molar-refractivity contribution in [1.82, 2.24) is 0 Å². The third kappa shape index (κ3) is 3.30. The van der Waals surface area contributed by atoms with Crippen LogP contribution in [0.3, 0.4) is 0 Å². The summed E-state index contributed by atoms with van der Waals surface area (Å²) in [6, 6.07) is 12.2. The Morgan fingerprint density at radius 3 is 2.35 bits per heavy atom. The summed E-state index contributed by atoms with van der Waals surface area (Å²) < 4.78 is 13.8. The van der Waals surface area contributed by atoms with Crippen LogP contribution >= 0.6 is 11.6 Å². The highest BCUT2D eigenvalue weighted by Gasteiger charge is 2.15. The summed E-state index contributed by atoms with van der Waals surface area (Å²) in [7, 11) is 3.97. The molecule has 0 radical (unpaired) electrons. The van der Waals surface area contributed by atoms with Gasteiger partial charge in [-0.25, -0.2) is 4.39 Å². The summed E-state index contributed by atoms with van der Waals surface area (Å²) in [5.74, 6) is -0.352. The van der Waals surface area contributed by atoms with E-state index in [2.05, 4.69) is 0 Å². The summed E-state index contributed by atoms with van der Waals surface area (Å²) in [6.07, 6.45) is 0.550. The van der Waals surface area contributed by atoms with Gasteiger partial charge in [0.25, 0.3) is 0 Å². The van der Waals surface area contributed by atoms with Crippen molar-refractivity contribution in [2.75, 3.05) is 19.0 Å². The highest BCUT2D eigenvalue weighted by atomic mass is 35.5. The SMILES string of the molecule is CN(C)c1ccc(CC(N)c2c(F)cccc2Cl)cc1. The second-order valence-corrected chi connectivity index (χ2v) is 5.41. The lowest BCUT2D eigenvalue weighted by atomic mass is 9.99. The van der Waals surface area contributed by atoms with Gasteiger partial charge in [0, 0.05) is 36.4 Å². The molecule has 2 rings (SSSR count). The second kappa shape index (κ2) is 6.25. The Hall–Kier alpha value is -1.58. The first-order valence-electron chi connectivity index (χ1n) is 6.45. The van der Waals surface area contributed by atoms with Gasteiger partial charge in [-0.15, -0.1) is 0 Å². The fraction of sp³-hybridized carbons (Fsp3) is 0.250. The largest absolute Gasteiger partial charge is 0.378 e. The van der Waals surface area contributed by atoms with Crippen molar-refractivity contribution in [1.29, 1.82) is 0 Å². The zero-order valence-corrected chi connectivity index (χ0v) is 12.4. The number of anilines is 1. The van der Waals surface area contributed by atoms with Crippen LogP contribution < -0.4 is 10.6 Å². The fourth-order valence-corrected chi connectivity index (χ4v) is 2.45. The number of benzene rings is 2. The highest BCUT2D eigenvalue weighted by molar-refractivity contribution is 6.31. The highest BCUT2D eigenvalue weighted by Crippen LogP contribution is 2.27. The standard InChI is InChI=1S/C16H18ClFN2/c1-20(2)12-8-6-11(7-9-12)10-15(19)16-13(17)4-3-5-14(16)18/h3-9,15H,10,19H2,1-2H3. The van der Waals surface area contributed by atoms with E-state index in [1.54, 1.807) is 12.1 Å². The minimum atomic E-state index is -0.450. The van der Waals surface area contributed by atoms with Crippen molar-refractivity contribution in [3.63, 3.8) is 0 Å². The molecule has 2 N–H and O–H groups in total. The van der Waals surface area contributed by atoms with Crippen molar-refractivity contribution < 1.29 is 4.39 Å². The summed E-state index contributed by atoms with van der Waals surface area (Å²) in [6.45, 7) is 0. The molecule has 2 aromatic carbocycles. The topological polar surface area (TPSA) is 29.3 Å². The molecule has 0 amide bonds. The molecule has 2 nitrogen and oxygen atoms in total. The maximum atomic E-state index is 13.8. The molecule has 20 heavy (non-hydrogen) atoms. The van der Waals surface area contributed by atoms with Crippen LogP contribution in [0.5, 0.6) is 0 Å². The molecule has 0 aliphatic carbocycles. The van der Waals surface area contributed by atoms with E-state index in [1.807, 2.05) is 43.3 Å². The molecule has 0 saturated heterocycles. The Kier molecular flexibility index (Phi) is 4.63. The van der Waals surface area contributed by atoms with Gasteiger partial charge in [0.2, 0.25) is 0 Å². The van der Waals surface area contributed by atoms with Crippen LogP contribution in [-0.4, -0.2) is 14.1 Å². The quantitative estimate of drug-likeness (QED) is 0.929. The summed E-state index contributed by atoms with van der Waals surface area (Å²) >= 11 is 6.03. The summed E-state index contributed by atoms with van der Waals surface area (Å²) in [5.41, 5.74) is 8.65. The van der Waals surface area contributed by atoms with Crippen LogP contribution in [0.4, 0.5) is 10.1 Å². The molecule has 106 valence electrons. The van der Waals surface area contributed by atoms with Gasteiger partial charge in [-0.2, -0.15) is 0 Å². The van der Waals surface area contributed by atoms with Crippen molar-refractivity contribution in [2.24, 2.45) is 5.73 Å². The summed E-state index contributed by atoms with van der Waals surface area (Å²) in [5, 5.41) is 0.377. The Morgan fingerprint density at radius 1 is 1.15 bits per heavy atom. The number of nitrogens with zero attached hydrogens (tertiary/aromatic N) is 1. The van der Waals surface area contributed by atoms with Gasteiger partial charge in [0.05, 0.1) is 0 Å². The Labute approximate surface area is 124 Å². The Morgan fingerprint density at radius 2 is 1.80 bits per heavy atom. The lowest BCUT2D eigenvalue weighted by Crippen LogP contribution is -2.16. The van der Waals surface area contributed by atoms with E-state index in [0.29, 0.717) is 17.0 Å². The first-order chi connectivity index (χ1) is 9.49. The van der Waals surface area contributed by atoms with E-state index in [-0.39, 0.29) is 5.82 Å². The van der Waals surface area contributed by atoms with Gasteiger partial charge in [0.1, 0.15) is 5.82 Å². The first-order valence-corrected chi connectivity index (χ1v) is 6.82. The van der Waals surface area contributed by atoms with E-state index >= 15 is 0 Å². The maximum absolute atomic E-state index is 13.8. The molecule has 0 fully saturated rings.